The standard InChI is InChI=1S/C14H21N3O2S2/c1-21(18,19)14-10-20-8-7-17(14)13-4-2-3-12(16-13)9-15-11-5-6-11/h2-4,11,14-15H,5-10H2,1H3. The van der Waals surface area contributed by atoms with Crippen molar-refractivity contribution in [1.29, 1.82) is 0 Å². The number of sulfone groups is 1. The zero-order valence-corrected chi connectivity index (χ0v) is 13.8. The minimum absolute atomic E-state index is 0.463. The smallest absolute Gasteiger partial charge is 0.169 e. The van der Waals surface area contributed by atoms with Gasteiger partial charge in [-0.3, -0.25) is 0 Å². The highest BCUT2D eigenvalue weighted by Crippen LogP contribution is 2.25. The van der Waals surface area contributed by atoms with Gasteiger partial charge in [-0.05, 0) is 25.0 Å². The summed E-state index contributed by atoms with van der Waals surface area (Å²) in [5.74, 6) is 2.34. The molecule has 0 radical (unpaired) electrons. The molecule has 1 atom stereocenters. The Bertz CT molecular complexity index is 602. The first kappa shape index (κ1) is 15.1. The predicted molar refractivity (Wildman–Crippen MR) is 87.4 cm³/mol. The minimum Gasteiger partial charge on any atom is -0.338 e. The zero-order valence-electron chi connectivity index (χ0n) is 12.2. The van der Waals surface area contributed by atoms with Crippen molar-refractivity contribution in [3.05, 3.63) is 23.9 Å². The molecular weight excluding hydrogens is 306 g/mol. The van der Waals surface area contributed by atoms with E-state index >= 15 is 0 Å². The maximum absolute atomic E-state index is 12.0. The third-order valence-electron chi connectivity index (χ3n) is 3.81. The number of thioether (sulfide) groups is 1. The molecule has 1 aliphatic heterocycles. The molecule has 1 aromatic heterocycles. The fourth-order valence-corrected chi connectivity index (χ4v) is 5.29. The summed E-state index contributed by atoms with van der Waals surface area (Å²) < 4.78 is 24.0. The summed E-state index contributed by atoms with van der Waals surface area (Å²) in [5, 5.41) is 2.98. The van der Waals surface area contributed by atoms with Gasteiger partial charge in [0, 0.05) is 36.9 Å². The summed E-state index contributed by atoms with van der Waals surface area (Å²) in [7, 11) is -3.10. The van der Waals surface area contributed by atoms with Crippen LogP contribution >= 0.6 is 11.8 Å². The first-order chi connectivity index (χ1) is 10.0. The second-order valence-electron chi connectivity index (χ2n) is 5.69. The third-order valence-corrected chi connectivity index (χ3v) is 6.46. The van der Waals surface area contributed by atoms with Crippen LogP contribution in [0.15, 0.2) is 18.2 Å². The van der Waals surface area contributed by atoms with Gasteiger partial charge < -0.3 is 10.2 Å². The van der Waals surface area contributed by atoms with Gasteiger partial charge in [0.15, 0.2) is 9.84 Å². The van der Waals surface area contributed by atoms with Crippen molar-refractivity contribution >= 4 is 27.4 Å². The van der Waals surface area contributed by atoms with Gasteiger partial charge in [0.05, 0.1) is 5.69 Å². The van der Waals surface area contributed by atoms with Crippen LogP contribution in [0.5, 0.6) is 0 Å². The van der Waals surface area contributed by atoms with E-state index in [0.29, 0.717) is 11.8 Å². The number of hydrogen-bond donors (Lipinski definition) is 1. The van der Waals surface area contributed by atoms with Crippen molar-refractivity contribution in [2.75, 3.05) is 29.2 Å². The lowest BCUT2D eigenvalue weighted by Gasteiger charge is -2.35. The van der Waals surface area contributed by atoms with Crippen molar-refractivity contribution in [2.45, 2.75) is 30.8 Å². The number of hydrogen-bond acceptors (Lipinski definition) is 6. The largest absolute Gasteiger partial charge is 0.338 e. The second kappa shape index (κ2) is 6.14. The molecule has 0 bridgehead atoms. The summed E-state index contributed by atoms with van der Waals surface area (Å²) in [6.45, 7) is 1.49. The van der Waals surface area contributed by atoms with Crippen molar-refractivity contribution in [3.8, 4) is 0 Å². The molecule has 1 saturated carbocycles. The summed E-state index contributed by atoms with van der Waals surface area (Å²) >= 11 is 1.69. The van der Waals surface area contributed by atoms with Gasteiger partial charge in [-0.25, -0.2) is 13.4 Å². The van der Waals surface area contributed by atoms with E-state index in [2.05, 4.69) is 10.3 Å². The molecule has 2 fully saturated rings. The van der Waals surface area contributed by atoms with Crippen LogP contribution in [0.1, 0.15) is 18.5 Å². The highest BCUT2D eigenvalue weighted by atomic mass is 32.2. The van der Waals surface area contributed by atoms with Gasteiger partial charge in [-0.1, -0.05) is 6.07 Å². The van der Waals surface area contributed by atoms with Gasteiger partial charge in [0.2, 0.25) is 0 Å². The van der Waals surface area contributed by atoms with Crippen molar-refractivity contribution in [1.82, 2.24) is 10.3 Å². The number of pyridine rings is 1. The van der Waals surface area contributed by atoms with E-state index in [1.54, 1.807) is 11.8 Å². The lowest BCUT2D eigenvalue weighted by molar-refractivity contribution is 0.583. The maximum Gasteiger partial charge on any atom is 0.169 e. The SMILES string of the molecule is CS(=O)(=O)C1CSCCN1c1cccc(CNC2CC2)n1. The molecule has 21 heavy (non-hydrogen) atoms. The molecule has 3 rings (SSSR count). The third kappa shape index (κ3) is 3.90. The van der Waals surface area contributed by atoms with Crippen molar-refractivity contribution < 1.29 is 8.42 Å². The van der Waals surface area contributed by atoms with Crippen LogP contribution in [0, 0.1) is 0 Å². The van der Waals surface area contributed by atoms with E-state index in [0.717, 1.165) is 30.4 Å². The van der Waals surface area contributed by atoms with E-state index in [4.69, 9.17) is 0 Å². The average Bonchev–Trinajstić information content (AvgIpc) is 3.29. The van der Waals surface area contributed by atoms with Gasteiger partial charge in [0.25, 0.3) is 0 Å². The van der Waals surface area contributed by atoms with Crippen LogP contribution in [-0.4, -0.2) is 49.1 Å². The number of aromatic nitrogens is 1. The topological polar surface area (TPSA) is 62.3 Å². The molecule has 7 heteroatoms. The Hall–Kier alpha value is -0.790. The van der Waals surface area contributed by atoms with Crippen LogP contribution in [0.4, 0.5) is 5.82 Å². The zero-order chi connectivity index (χ0) is 14.9. The van der Waals surface area contributed by atoms with E-state index < -0.39 is 15.2 Å². The quantitative estimate of drug-likeness (QED) is 0.878. The van der Waals surface area contributed by atoms with E-state index in [1.165, 1.54) is 19.1 Å². The van der Waals surface area contributed by atoms with Crippen LogP contribution in [-0.2, 0) is 16.4 Å². The molecule has 1 N–H and O–H groups in total. The first-order valence-corrected chi connectivity index (χ1v) is 10.4. The molecule has 1 saturated heterocycles. The molecule has 116 valence electrons. The first-order valence-electron chi connectivity index (χ1n) is 7.26. The van der Waals surface area contributed by atoms with Gasteiger partial charge >= 0.3 is 0 Å². The number of rotatable bonds is 5. The Kier molecular flexibility index (Phi) is 4.42. The fraction of sp³-hybridized carbons (Fsp3) is 0.643. The maximum atomic E-state index is 12.0. The lowest BCUT2D eigenvalue weighted by atomic mass is 10.3. The van der Waals surface area contributed by atoms with Crippen LogP contribution in [0.25, 0.3) is 0 Å². The molecule has 1 aromatic rings. The number of nitrogens with one attached hydrogen (secondary N) is 1. The molecule has 0 spiro atoms. The van der Waals surface area contributed by atoms with E-state index in [-0.39, 0.29) is 0 Å². The molecule has 5 nitrogen and oxygen atoms in total. The summed E-state index contributed by atoms with van der Waals surface area (Å²) in [6, 6.07) is 6.51. The lowest BCUT2D eigenvalue weighted by Crippen LogP contribution is -2.47. The second-order valence-corrected chi connectivity index (χ2v) is 9.05. The molecule has 1 aliphatic carbocycles. The molecule has 1 unspecified atom stereocenters. The van der Waals surface area contributed by atoms with Gasteiger partial charge in [-0.2, -0.15) is 11.8 Å². The monoisotopic (exact) mass is 327 g/mol. The summed E-state index contributed by atoms with van der Waals surface area (Å²) in [5.41, 5.74) is 0.977. The number of nitrogens with zero attached hydrogens (tertiary/aromatic N) is 2. The molecular formula is C14H21N3O2S2. The van der Waals surface area contributed by atoms with Crippen molar-refractivity contribution in [3.63, 3.8) is 0 Å². The number of anilines is 1. The average molecular weight is 327 g/mol. The Labute approximate surface area is 130 Å². The van der Waals surface area contributed by atoms with E-state index in [9.17, 15) is 8.42 Å². The molecule has 0 amide bonds. The Balaban J connectivity index is 1.78. The Morgan fingerprint density at radius 1 is 1.43 bits per heavy atom. The highest BCUT2D eigenvalue weighted by molar-refractivity contribution is 8.01. The fourth-order valence-electron chi connectivity index (χ4n) is 2.46. The van der Waals surface area contributed by atoms with Gasteiger partial charge in [0.1, 0.15) is 11.2 Å². The Morgan fingerprint density at radius 2 is 2.24 bits per heavy atom. The summed E-state index contributed by atoms with van der Waals surface area (Å²) in [4.78, 5) is 6.59. The molecule has 2 heterocycles. The minimum atomic E-state index is -3.10. The summed E-state index contributed by atoms with van der Waals surface area (Å²) in [6.07, 6.45) is 3.81. The molecule has 0 aromatic carbocycles. The predicted octanol–water partition coefficient (Wildman–Crippen LogP) is 1.26. The Morgan fingerprint density at radius 3 is 2.95 bits per heavy atom. The van der Waals surface area contributed by atoms with Crippen LogP contribution in [0.2, 0.25) is 0 Å². The normalized spacial score (nSPS) is 23.3. The van der Waals surface area contributed by atoms with Crippen LogP contribution in [0.3, 0.4) is 0 Å². The van der Waals surface area contributed by atoms with Crippen LogP contribution < -0.4 is 10.2 Å². The molecule has 2 aliphatic rings. The van der Waals surface area contributed by atoms with Crippen molar-refractivity contribution in [2.24, 2.45) is 0 Å². The van der Waals surface area contributed by atoms with Gasteiger partial charge in [-0.15, -0.1) is 0 Å². The van der Waals surface area contributed by atoms with E-state index in [1.807, 2.05) is 23.1 Å². The highest BCUT2D eigenvalue weighted by Gasteiger charge is 2.31.